The zero-order valence-electron chi connectivity index (χ0n) is 17.6. The molecule has 158 valence electrons. The molecule has 0 radical (unpaired) electrons. The van der Waals surface area contributed by atoms with Crippen molar-refractivity contribution in [2.45, 2.75) is 52.2 Å². The molecule has 1 aliphatic rings. The molecule has 0 aromatic heterocycles. The third kappa shape index (κ3) is 7.95. The SMILES string of the molecule is CCNC(=NCC(C)(C)OC)NCCCC(=O)N1CCc2ccccc2C1.I. The Balaban J connectivity index is 0.00000392. The maximum atomic E-state index is 12.5. The lowest BCUT2D eigenvalue weighted by Gasteiger charge is -2.29. The van der Waals surface area contributed by atoms with Crippen LogP contribution in [0.2, 0.25) is 0 Å². The molecule has 0 aliphatic carbocycles. The Labute approximate surface area is 186 Å². The van der Waals surface area contributed by atoms with Gasteiger partial charge in [0.15, 0.2) is 5.96 Å². The van der Waals surface area contributed by atoms with Gasteiger partial charge in [0, 0.05) is 39.7 Å². The minimum absolute atomic E-state index is 0. The van der Waals surface area contributed by atoms with Gasteiger partial charge in [-0.15, -0.1) is 24.0 Å². The third-order valence-corrected chi connectivity index (χ3v) is 4.86. The van der Waals surface area contributed by atoms with Crippen molar-refractivity contribution < 1.29 is 9.53 Å². The summed E-state index contributed by atoms with van der Waals surface area (Å²) < 4.78 is 5.40. The topological polar surface area (TPSA) is 66.0 Å². The Morgan fingerprint density at radius 1 is 1.25 bits per heavy atom. The van der Waals surface area contributed by atoms with Gasteiger partial charge in [-0.1, -0.05) is 24.3 Å². The van der Waals surface area contributed by atoms with E-state index in [0.717, 1.165) is 45.0 Å². The molecular weight excluding hydrogens is 467 g/mol. The molecule has 0 unspecified atom stereocenters. The number of carbonyl (C=O) groups excluding carboxylic acids is 1. The van der Waals surface area contributed by atoms with Crippen LogP contribution in [0.4, 0.5) is 0 Å². The maximum absolute atomic E-state index is 12.5. The summed E-state index contributed by atoms with van der Waals surface area (Å²) in [6, 6.07) is 8.40. The number of ether oxygens (including phenoxy) is 1. The van der Waals surface area contributed by atoms with E-state index in [2.05, 4.69) is 33.8 Å². The average Bonchev–Trinajstić information content (AvgIpc) is 2.68. The van der Waals surface area contributed by atoms with Gasteiger partial charge < -0.3 is 20.3 Å². The monoisotopic (exact) mass is 502 g/mol. The van der Waals surface area contributed by atoms with Gasteiger partial charge in [-0.2, -0.15) is 0 Å². The van der Waals surface area contributed by atoms with Crippen LogP contribution in [-0.2, 0) is 22.5 Å². The minimum atomic E-state index is -0.289. The van der Waals surface area contributed by atoms with Crippen molar-refractivity contribution in [3.05, 3.63) is 35.4 Å². The molecule has 1 aromatic rings. The van der Waals surface area contributed by atoms with Crippen LogP contribution in [0, 0.1) is 0 Å². The number of nitrogens with one attached hydrogen (secondary N) is 2. The number of halogens is 1. The summed E-state index contributed by atoms with van der Waals surface area (Å²) >= 11 is 0. The Morgan fingerprint density at radius 3 is 2.64 bits per heavy atom. The molecule has 0 fully saturated rings. The fourth-order valence-electron chi connectivity index (χ4n) is 2.99. The van der Waals surface area contributed by atoms with Crippen LogP contribution in [0.15, 0.2) is 29.3 Å². The second-order valence-electron chi connectivity index (χ2n) is 7.52. The van der Waals surface area contributed by atoms with Crippen LogP contribution in [0.25, 0.3) is 0 Å². The average molecular weight is 502 g/mol. The van der Waals surface area contributed by atoms with Gasteiger partial charge in [0.1, 0.15) is 0 Å². The number of hydrogen-bond acceptors (Lipinski definition) is 3. The zero-order valence-corrected chi connectivity index (χ0v) is 19.9. The lowest BCUT2D eigenvalue weighted by molar-refractivity contribution is -0.132. The molecule has 1 amide bonds. The molecule has 0 saturated heterocycles. The molecule has 0 spiro atoms. The molecule has 0 bridgehead atoms. The Kier molecular flexibility index (Phi) is 10.8. The first-order chi connectivity index (χ1) is 12.9. The van der Waals surface area contributed by atoms with Gasteiger partial charge in [-0.05, 0) is 44.7 Å². The van der Waals surface area contributed by atoms with Crippen molar-refractivity contribution in [1.29, 1.82) is 0 Å². The summed E-state index contributed by atoms with van der Waals surface area (Å²) in [5.41, 5.74) is 2.36. The number of benzene rings is 1. The lowest BCUT2D eigenvalue weighted by atomic mass is 9.99. The second-order valence-corrected chi connectivity index (χ2v) is 7.52. The van der Waals surface area contributed by atoms with E-state index >= 15 is 0 Å². The second kappa shape index (κ2) is 12.3. The molecule has 1 aromatic carbocycles. The van der Waals surface area contributed by atoms with E-state index in [-0.39, 0.29) is 35.5 Å². The van der Waals surface area contributed by atoms with Crippen LogP contribution in [0.3, 0.4) is 0 Å². The largest absolute Gasteiger partial charge is 0.377 e. The highest BCUT2D eigenvalue weighted by Crippen LogP contribution is 2.19. The number of nitrogens with zero attached hydrogens (tertiary/aromatic N) is 2. The fourth-order valence-corrected chi connectivity index (χ4v) is 2.99. The van der Waals surface area contributed by atoms with E-state index < -0.39 is 0 Å². The van der Waals surface area contributed by atoms with E-state index in [1.165, 1.54) is 11.1 Å². The molecule has 2 rings (SSSR count). The Morgan fingerprint density at radius 2 is 1.96 bits per heavy atom. The van der Waals surface area contributed by atoms with E-state index in [0.29, 0.717) is 13.0 Å². The number of guanidine groups is 1. The smallest absolute Gasteiger partial charge is 0.222 e. The van der Waals surface area contributed by atoms with Gasteiger partial charge in [-0.25, -0.2) is 0 Å². The number of carbonyl (C=O) groups is 1. The van der Waals surface area contributed by atoms with Gasteiger partial charge in [0.05, 0.1) is 12.1 Å². The minimum Gasteiger partial charge on any atom is -0.377 e. The van der Waals surface area contributed by atoms with Gasteiger partial charge >= 0.3 is 0 Å². The van der Waals surface area contributed by atoms with Crippen molar-refractivity contribution in [3.8, 4) is 0 Å². The number of amides is 1. The number of methoxy groups -OCH3 is 1. The lowest BCUT2D eigenvalue weighted by Crippen LogP contribution is -2.40. The highest BCUT2D eigenvalue weighted by molar-refractivity contribution is 14.0. The van der Waals surface area contributed by atoms with Gasteiger partial charge in [0.25, 0.3) is 0 Å². The predicted molar refractivity (Wildman–Crippen MR) is 125 cm³/mol. The molecule has 0 atom stereocenters. The molecule has 6 nitrogen and oxygen atoms in total. The normalized spacial score (nSPS) is 14.1. The molecule has 0 saturated carbocycles. The number of aliphatic imine (C=N–C) groups is 1. The first-order valence-electron chi connectivity index (χ1n) is 9.87. The van der Waals surface area contributed by atoms with Crippen molar-refractivity contribution >= 4 is 35.8 Å². The molecule has 28 heavy (non-hydrogen) atoms. The summed E-state index contributed by atoms with van der Waals surface area (Å²) in [6.45, 7) is 9.70. The Bertz CT molecular complexity index is 649. The van der Waals surface area contributed by atoms with Crippen molar-refractivity contribution in [2.24, 2.45) is 4.99 Å². The maximum Gasteiger partial charge on any atom is 0.222 e. The van der Waals surface area contributed by atoms with E-state index in [9.17, 15) is 4.79 Å². The van der Waals surface area contributed by atoms with Crippen LogP contribution in [0.5, 0.6) is 0 Å². The molecule has 2 N–H and O–H groups in total. The Hall–Kier alpha value is -1.35. The first-order valence-corrected chi connectivity index (χ1v) is 9.87. The predicted octanol–water partition coefficient (Wildman–Crippen LogP) is 2.95. The summed E-state index contributed by atoms with van der Waals surface area (Å²) in [6.07, 6.45) is 2.29. The first kappa shape index (κ1) is 24.7. The van der Waals surface area contributed by atoms with Gasteiger partial charge in [-0.3, -0.25) is 9.79 Å². The van der Waals surface area contributed by atoms with E-state index in [4.69, 9.17) is 4.74 Å². The zero-order chi connectivity index (χ0) is 19.7. The number of hydrogen-bond donors (Lipinski definition) is 2. The highest BCUT2D eigenvalue weighted by Gasteiger charge is 2.20. The summed E-state index contributed by atoms with van der Waals surface area (Å²) in [7, 11) is 1.69. The van der Waals surface area contributed by atoms with Crippen LogP contribution in [-0.4, -0.2) is 55.7 Å². The van der Waals surface area contributed by atoms with Crippen LogP contribution in [0.1, 0.15) is 44.7 Å². The van der Waals surface area contributed by atoms with E-state index in [1.54, 1.807) is 7.11 Å². The van der Waals surface area contributed by atoms with Gasteiger partial charge in [0.2, 0.25) is 5.91 Å². The number of fused-ring (bicyclic) bond motifs is 1. The third-order valence-electron chi connectivity index (χ3n) is 4.86. The summed E-state index contributed by atoms with van der Waals surface area (Å²) in [4.78, 5) is 19.0. The fraction of sp³-hybridized carbons (Fsp3) is 0.619. The molecular formula is C21H35IN4O2. The molecule has 1 aliphatic heterocycles. The summed E-state index contributed by atoms with van der Waals surface area (Å²) in [5.74, 6) is 0.996. The number of rotatable bonds is 8. The van der Waals surface area contributed by atoms with E-state index in [1.807, 2.05) is 31.7 Å². The molecule has 1 heterocycles. The molecule has 7 heteroatoms. The van der Waals surface area contributed by atoms with Crippen molar-refractivity contribution in [3.63, 3.8) is 0 Å². The van der Waals surface area contributed by atoms with Crippen molar-refractivity contribution in [1.82, 2.24) is 15.5 Å². The van der Waals surface area contributed by atoms with Crippen LogP contribution < -0.4 is 10.6 Å². The quantitative estimate of drug-likeness (QED) is 0.248. The highest BCUT2D eigenvalue weighted by atomic mass is 127. The van der Waals surface area contributed by atoms with Crippen molar-refractivity contribution in [2.75, 3.05) is 33.3 Å². The van der Waals surface area contributed by atoms with Crippen LogP contribution >= 0.6 is 24.0 Å². The standard InChI is InChI=1S/C21H34N4O2.HI/c1-5-22-20(24-16-21(2,3)27-4)23-13-8-11-19(26)25-14-12-17-9-6-7-10-18(17)15-25;/h6-7,9-10H,5,8,11-16H2,1-4H3,(H2,22,23,24);1H. The summed E-state index contributed by atoms with van der Waals surface area (Å²) in [5, 5.41) is 6.53.